The molecule has 6 nitrogen and oxygen atoms in total. The third kappa shape index (κ3) is 4.76. The van der Waals surface area contributed by atoms with Crippen LogP contribution in [0.4, 0.5) is 5.95 Å². The second kappa shape index (κ2) is 7.40. The van der Waals surface area contributed by atoms with Crippen LogP contribution in [-0.2, 0) is 4.79 Å². The number of rotatable bonds is 7. The zero-order valence-corrected chi connectivity index (χ0v) is 14.0. The third-order valence-corrected chi connectivity index (χ3v) is 3.71. The Kier molecular flexibility index (Phi) is 5.05. The first-order valence-corrected chi connectivity index (χ1v) is 8.12. The number of amides is 1. The van der Waals surface area contributed by atoms with Crippen LogP contribution in [0.2, 0.25) is 0 Å². The molecule has 1 aromatic carbocycles. The van der Waals surface area contributed by atoms with Crippen molar-refractivity contribution < 1.29 is 9.53 Å². The Labute approximate surface area is 141 Å². The van der Waals surface area contributed by atoms with E-state index >= 15 is 0 Å². The van der Waals surface area contributed by atoms with E-state index in [0.29, 0.717) is 18.4 Å². The number of hydrogen-bond donors (Lipinski definition) is 1. The fraction of sp³-hybridized carbons (Fsp3) is 0.389. The Bertz CT molecular complexity index is 754. The normalized spacial score (nSPS) is 14.5. The Hall–Kier alpha value is -2.47. The molecular formula is C18H22N4O2. The quantitative estimate of drug-likeness (QED) is 0.792. The van der Waals surface area contributed by atoms with Gasteiger partial charge in [0.2, 0.25) is 11.9 Å². The monoisotopic (exact) mass is 326 g/mol. The number of carbonyl (C=O) groups is 1. The van der Waals surface area contributed by atoms with Crippen LogP contribution in [0.15, 0.2) is 36.5 Å². The van der Waals surface area contributed by atoms with Crippen molar-refractivity contribution in [3.8, 4) is 5.75 Å². The molecule has 1 aliphatic carbocycles. The molecule has 2 aromatic rings. The molecule has 1 aliphatic rings. The number of fused-ring (bicyclic) bond motifs is 1. The van der Waals surface area contributed by atoms with Crippen LogP contribution in [0.3, 0.4) is 0 Å². The van der Waals surface area contributed by atoms with Gasteiger partial charge in [0.25, 0.3) is 0 Å². The molecule has 0 radical (unpaired) electrons. The second-order valence-corrected chi connectivity index (χ2v) is 6.32. The predicted molar refractivity (Wildman–Crippen MR) is 94.1 cm³/mol. The van der Waals surface area contributed by atoms with Crippen LogP contribution in [0, 0.1) is 5.92 Å². The molecule has 1 fully saturated rings. The minimum absolute atomic E-state index is 0.239. The molecule has 1 heterocycles. The highest BCUT2D eigenvalue weighted by atomic mass is 16.5. The van der Waals surface area contributed by atoms with Crippen molar-refractivity contribution in [1.82, 2.24) is 14.9 Å². The first-order valence-electron chi connectivity index (χ1n) is 8.12. The fourth-order valence-electron chi connectivity index (χ4n) is 2.17. The van der Waals surface area contributed by atoms with E-state index < -0.39 is 0 Å². The van der Waals surface area contributed by atoms with Gasteiger partial charge in [-0.05, 0) is 45.0 Å². The zero-order chi connectivity index (χ0) is 16.9. The Balaban J connectivity index is 1.66. The van der Waals surface area contributed by atoms with Crippen LogP contribution in [0.1, 0.15) is 12.8 Å². The molecule has 0 saturated heterocycles. The largest absolute Gasteiger partial charge is 0.493 e. The average Bonchev–Trinajstić information content (AvgIpc) is 3.36. The minimum Gasteiger partial charge on any atom is -0.493 e. The molecule has 1 aromatic heterocycles. The smallest absolute Gasteiger partial charge is 0.250 e. The van der Waals surface area contributed by atoms with E-state index in [0.717, 1.165) is 23.3 Å². The number of hydrogen-bond acceptors (Lipinski definition) is 5. The summed E-state index contributed by atoms with van der Waals surface area (Å²) in [5.74, 6) is 1.56. The van der Waals surface area contributed by atoms with Crippen LogP contribution in [-0.4, -0.2) is 48.0 Å². The summed E-state index contributed by atoms with van der Waals surface area (Å²) < 4.78 is 5.77. The van der Waals surface area contributed by atoms with Gasteiger partial charge >= 0.3 is 0 Å². The Morgan fingerprint density at radius 3 is 3.00 bits per heavy atom. The van der Waals surface area contributed by atoms with E-state index in [1.807, 2.05) is 37.2 Å². The molecule has 126 valence electrons. The molecule has 0 unspecified atom stereocenters. The molecule has 24 heavy (non-hydrogen) atoms. The minimum atomic E-state index is -0.239. The van der Waals surface area contributed by atoms with Crippen molar-refractivity contribution in [1.29, 1.82) is 0 Å². The Morgan fingerprint density at radius 1 is 1.42 bits per heavy atom. The van der Waals surface area contributed by atoms with Crippen molar-refractivity contribution in [3.63, 3.8) is 0 Å². The van der Waals surface area contributed by atoms with Gasteiger partial charge in [-0.3, -0.25) is 10.1 Å². The molecule has 1 amide bonds. The maximum Gasteiger partial charge on any atom is 0.250 e. The van der Waals surface area contributed by atoms with Crippen molar-refractivity contribution >= 4 is 22.8 Å². The van der Waals surface area contributed by atoms with Crippen LogP contribution in [0.25, 0.3) is 10.9 Å². The van der Waals surface area contributed by atoms with E-state index in [1.54, 1.807) is 12.3 Å². The third-order valence-electron chi connectivity index (χ3n) is 3.71. The summed E-state index contributed by atoms with van der Waals surface area (Å²) in [5.41, 5.74) is 0.755. The van der Waals surface area contributed by atoms with Crippen molar-refractivity contribution in [3.05, 3.63) is 36.5 Å². The van der Waals surface area contributed by atoms with Crippen LogP contribution in [0.5, 0.6) is 5.75 Å². The van der Waals surface area contributed by atoms with Gasteiger partial charge in [-0.15, -0.1) is 0 Å². The van der Waals surface area contributed by atoms with Crippen LogP contribution >= 0.6 is 0 Å². The van der Waals surface area contributed by atoms with E-state index in [4.69, 9.17) is 4.74 Å². The molecule has 1 N–H and O–H groups in total. The second-order valence-electron chi connectivity index (χ2n) is 6.32. The van der Waals surface area contributed by atoms with Gasteiger partial charge in [0.15, 0.2) is 0 Å². The zero-order valence-electron chi connectivity index (χ0n) is 14.0. The van der Waals surface area contributed by atoms with Crippen molar-refractivity contribution in [2.45, 2.75) is 12.8 Å². The summed E-state index contributed by atoms with van der Waals surface area (Å²) in [6.45, 7) is 1.46. The van der Waals surface area contributed by atoms with Gasteiger partial charge in [-0.2, -0.15) is 0 Å². The summed E-state index contributed by atoms with van der Waals surface area (Å²) in [6.07, 6.45) is 7.50. The summed E-state index contributed by atoms with van der Waals surface area (Å²) in [4.78, 5) is 22.4. The first kappa shape index (κ1) is 16.4. The summed E-state index contributed by atoms with van der Waals surface area (Å²) >= 11 is 0. The number of benzene rings is 1. The predicted octanol–water partition coefficient (Wildman–Crippen LogP) is 2.47. The number of ether oxygens (including phenoxy) is 1. The maximum atomic E-state index is 11.9. The topological polar surface area (TPSA) is 67.4 Å². The number of nitrogens with zero attached hydrogens (tertiary/aromatic N) is 3. The standard InChI is InChI=1S/C18H22N4O2/c1-22(2)9-3-4-17(23)21-18-19-11-14-7-8-15(10-16(14)20-18)24-12-13-5-6-13/h3-4,7-8,10-11,13H,5-6,9,12H2,1-2H3,(H,19,20,21,23). The number of nitrogens with one attached hydrogen (secondary N) is 1. The lowest BCUT2D eigenvalue weighted by Crippen LogP contribution is -2.14. The fourth-order valence-corrected chi connectivity index (χ4v) is 2.17. The highest BCUT2D eigenvalue weighted by Crippen LogP contribution is 2.30. The van der Waals surface area contributed by atoms with Crippen molar-refractivity contribution in [2.24, 2.45) is 5.92 Å². The van der Waals surface area contributed by atoms with Crippen molar-refractivity contribution in [2.75, 3.05) is 32.6 Å². The number of aromatic nitrogens is 2. The van der Waals surface area contributed by atoms with Gasteiger partial charge in [0, 0.05) is 30.3 Å². The van der Waals surface area contributed by atoms with Gasteiger partial charge in [-0.1, -0.05) is 6.08 Å². The molecule has 1 saturated carbocycles. The first-order chi connectivity index (χ1) is 11.6. The van der Waals surface area contributed by atoms with Crippen LogP contribution < -0.4 is 10.1 Å². The van der Waals surface area contributed by atoms with E-state index in [1.165, 1.54) is 18.9 Å². The number of carbonyl (C=O) groups excluding carboxylic acids is 1. The number of likely N-dealkylation sites (N-methyl/N-ethyl adjacent to an activating group) is 1. The molecule has 0 spiro atoms. The Morgan fingerprint density at radius 2 is 2.25 bits per heavy atom. The molecule has 0 atom stereocenters. The number of anilines is 1. The lowest BCUT2D eigenvalue weighted by Gasteiger charge is -2.07. The molecule has 6 heteroatoms. The molecule has 0 aliphatic heterocycles. The summed E-state index contributed by atoms with van der Waals surface area (Å²) in [6, 6.07) is 5.74. The molecule has 3 rings (SSSR count). The lowest BCUT2D eigenvalue weighted by molar-refractivity contribution is -0.112. The summed E-state index contributed by atoms with van der Waals surface area (Å²) in [7, 11) is 3.88. The average molecular weight is 326 g/mol. The maximum absolute atomic E-state index is 11.9. The summed E-state index contributed by atoms with van der Waals surface area (Å²) in [5, 5.41) is 3.59. The van der Waals surface area contributed by atoms with Gasteiger partial charge in [-0.25, -0.2) is 9.97 Å². The SMILES string of the molecule is CN(C)CC=CC(=O)Nc1ncc2ccc(OCC3CC3)cc2n1. The lowest BCUT2D eigenvalue weighted by atomic mass is 10.2. The van der Waals surface area contributed by atoms with Gasteiger partial charge in [0.05, 0.1) is 12.1 Å². The van der Waals surface area contributed by atoms with E-state index in [2.05, 4.69) is 15.3 Å². The van der Waals surface area contributed by atoms with E-state index in [-0.39, 0.29) is 5.91 Å². The van der Waals surface area contributed by atoms with E-state index in [9.17, 15) is 4.79 Å². The highest BCUT2D eigenvalue weighted by molar-refractivity contribution is 5.98. The molecular weight excluding hydrogens is 304 g/mol. The van der Waals surface area contributed by atoms with Gasteiger partial charge < -0.3 is 9.64 Å². The molecule has 0 bridgehead atoms. The highest BCUT2D eigenvalue weighted by Gasteiger charge is 2.21. The van der Waals surface area contributed by atoms with Gasteiger partial charge in [0.1, 0.15) is 5.75 Å².